The average Bonchev–Trinajstić information content (AvgIpc) is 2.77. The number of hydrogen-bond acceptors (Lipinski definition) is 4. The van der Waals surface area contributed by atoms with Crippen LogP contribution < -0.4 is 5.32 Å². The molecule has 3 rings (SSSR count). The Morgan fingerprint density at radius 2 is 1.93 bits per heavy atom. The molecule has 160 valence electrons. The lowest BCUT2D eigenvalue weighted by Gasteiger charge is -2.34. The SMILES string of the molecule is CN1CCN(C(=O)[C@@H]2CCC[C@@H](NCc3cccc(Cl)c3)CN(C)C(=O)C2)CC1. The maximum absolute atomic E-state index is 13.0. The van der Waals surface area contributed by atoms with Gasteiger partial charge in [0, 0.05) is 69.7 Å². The van der Waals surface area contributed by atoms with Crippen LogP contribution >= 0.6 is 11.6 Å². The zero-order valence-corrected chi connectivity index (χ0v) is 18.3. The second-order valence-corrected chi connectivity index (χ2v) is 8.88. The fraction of sp³-hybridized carbons (Fsp3) is 0.636. The maximum Gasteiger partial charge on any atom is 0.226 e. The van der Waals surface area contributed by atoms with Crippen LogP contribution in [0.2, 0.25) is 5.02 Å². The first-order valence-electron chi connectivity index (χ1n) is 10.6. The van der Waals surface area contributed by atoms with Crippen molar-refractivity contribution in [3.63, 3.8) is 0 Å². The van der Waals surface area contributed by atoms with Gasteiger partial charge < -0.3 is 20.0 Å². The van der Waals surface area contributed by atoms with Gasteiger partial charge in [-0.1, -0.05) is 30.2 Å². The van der Waals surface area contributed by atoms with E-state index < -0.39 is 0 Å². The van der Waals surface area contributed by atoms with Gasteiger partial charge in [0.1, 0.15) is 0 Å². The highest BCUT2D eigenvalue weighted by molar-refractivity contribution is 6.30. The van der Waals surface area contributed by atoms with Crippen molar-refractivity contribution in [1.29, 1.82) is 0 Å². The molecule has 2 amide bonds. The van der Waals surface area contributed by atoms with E-state index in [1.165, 1.54) is 0 Å². The number of rotatable bonds is 4. The van der Waals surface area contributed by atoms with Crippen LogP contribution in [-0.4, -0.2) is 79.4 Å². The lowest BCUT2D eigenvalue weighted by atomic mass is 9.95. The van der Waals surface area contributed by atoms with Gasteiger partial charge in [-0.3, -0.25) is 9.59 Å². The summed E-state index contributed by atoms with van der Waals surface area (Å²) in [5.74, 6) is 0.0270. The zero-order chi connectivity index (χ0) is 20.8. The van der Waals surface area contributed by atoms with Gasteiger partial charge in [0.2, 0.25) is 11.8 Å². The molecule has 0 unspecified atom stereocenters. The van der Waals surface area contributed by atoms with Crippen LogP contribution in [0.1, 0.15) is 31.2 Å². The summed E-state index contributed by atoms with van der Waals surface area (Å²) in [7, 11) is 3.93. The van der Waals surface area contributed by atoms with E-state index in [2.05, 4.69) is 17.3 Å². The first kappa shape index (κ1) is 22.1. The quantitative estimate of drug-likeness (QED) is 0.811. The van der Waals surface area contributed by atoms with Gasteiger partial charge in [0.25, 0.3) is 0 Å². The molecule has 2 atom stereocenters. The minimum atomic E-state index is -0.194. The Bertz CT molecular complexity index is 706. The molecule has 0 aromatic heterocycles. The topological polar surface area (TPSA) is 55.9 Å². The highest BCUT2D eigenvalue weighted by Crippen LogP contribution is 2.22. The Balaban J connectivity index is 1.57. The normalized spacial score (nSPS) is 24.7. The Hall–Kier alpha value is -1.63. The fourth-order valence-corrected chi connectivity index (χ4v) is 4.39. The molecule has 0 bridgehead atoms. The van der Waals surface area contributed by atoms with Crippen molar-refractivity contribution < 1.29 is 9.59 Å². The summed E-state index contributed by atoms with van der Waals surface area (Å²) < 4.78 is 0. The number of amides is 2. The molecule has 0 spiro atoms. The van der Waals surface area contributed by atoms with E-state index in [1.54, 1.807) is 4.90 Å². The summed E-state index contributed by atoms with van der Waals surface area (Å²) in [5.41, 5.74) is 1.13. The first-order valence-corrected chi connectivity index (χ1v) is 11.0. The molecule has 2 saturated heterocycles. The van der Waals surface area contributed by atoms with Crippen molar-refractivity contribution in [1.82, 2.24) is 20.0 Å². The van der Waals surface area contributed by atoms with Crippen LogP contribution in [0.25, 0.3) is 0 Å². The molecule has 0 radical (unpaired) electrons. The first-order chi connectivity index (χ1) is 13.9. The summed E-state index contributed by atoms with van der Waals surface area (Å²) in [4.78, 5) is 31.7. The molecule has 1 aromatic rings. The number of nitrogens with one attached hydrogen (secondary N) is 1. The van der Waals surface area contributed by atoms with Crippen molar-refractivity contribution in [2.45, 2.75) is 38.3 Å². The number of carbonyl (C=O) groups is 2. The van der Waals surface area contributed by atoms with Crippen LogP contribution in [0.4, 0.5) is 0 Å². The minimum Gasteiger partial charge on any atom is -0.344 e. The zero-order valence-electron chi connectivity index (χ0n) is 17.6. The lowest BCUT2D eigenvalue weighted by Crippen LogP contribution is -2.49. The van der Waals surface area contributed by atoms with E-state index >= 15 is 0 Å². The number of halogens is 1. The Labute approximate surface area is 179 Å². The molecule has 0 aliphatic carbocycles. The monoisotopic (exact) mass is 420 g/mol. The molecule has 0 saturated carbocycles. The third kappa shape index (κ3) is 6.43. The van der Waals surface area contributed by atoms with Gasteiger partial charge in [-0.05, 0) is 37.6 Å². The number of carbonyl (C=O) groups excluding carboxylic acids is 2. The predicted molar refractivity (Wildman–Crippen MR) is 116 cm³/mol. The van der Waals surface area contributed by atoms with Gasteiger partial charge in [0.15, 0.2) is 0 Å². The van der Waals surface area contributed by atoms with Gasteiger partial charge >= 0.3 is 0 Å². The molecule has 6 nitrogen and oxygen atoms in total. The Kier molecular flexibility index (Phi) is 7.92. The van der Waals surface area contributed by atoms with E-state index in [-0.39, 0.29) is 23.8 Å². The second-order valence-electron chi connectivity index (χ2n) is 8.44. The Morgan fingerprint density at radius 1 is 1.17 bits per heavy atom. The lowest BCUT2D eigenvalue weighted by molar-refractivity contribution is -0.142. The molecule has 2 fully saturated rings. The van der Waals surface area contributed by atoms with Crippen LogP contribution in [0.5, 0.6) is 0 Å². The fourth-order valence-electron chi connectivity index (χ4n) is 4.17. The predicted octanol–water partition coefficient (Wildman–Crippen LogP) is 2.22. The minimum absolute atomic E-state index is 0.0638. The van der Waals surface area contributed by atoms with Crippen molar-refractivity contribution in [2.75, 3.05) is 46.8 Å². The standard InChI is InChI=1S/C22H33ClN4O2/c1-25-9-11-27(12-10-25)22(29)18-6-4-8-20(16-26(2)21(28)14-18)24-15-17-5-3-7-19(23)13-17/h3,5,7,13,18,20,24H,4,6,8-12,14-16H2,1-2H3/t18-,20-/m1/s1. The summed E-state index contributed by atoms with van der Waals surface area (Å²) in [6.07, 6.45) is 2.99. The summed E-state index contributed by atoms with van der Waals surface area (Å²) in [6.45, 7) is 4.72. The molecule has 2 aliphatic rings. The van der Waals surface area contributed by atoms with Crippen LogP contribution in [-0.2, 0) is 16.1 Å². The number of benzene rings is 1. The molecule has 7 heteroatoms. The van der Waals surface area contributed by atoms with Gasteiger partial charge in [-0.15, -0.1) is 0 Å². The largest absolute Gasteiger partial charge is 0.344 e. The summed E-state index contributed by atoms with van der Waals surface area (Å²) in [5, 5.41) is 4.30. The molecule has 1 aromatic carbocycles. The molecule has 2 aliphatic heterocycles. The molecular formula is C22H33ClN4O2. The molecular weight excluding hydrogens is 388 g/mol. The summed E-state index contributed by atoms with van der Waals surface area (Å²) >= 11 is 6.08. The second kappa shape index (κ2) is 10.4. The maximum atomic E-state index is 13.0. The van der Waals surface area contributed by atoms with Gasteiger partial charge in [-0.2, -0.15) is 0 Å². The van der Waals surface area contributed by atoms with Crippen molar-refractivity contribution in [3.8, 4) is 0 Å². The van der Waals surface area contributed by atoms with Crippen LogP contribution in [0, 0.1) is 5.92 Å². The van der Waals surface area contributed by atoms with E-state index in [0.717, 1.165) is 62.6 Å². The smallest absolute Gasteiger partial charge is 0.226 e. The third-order valence-corrected chi connectivity index (χ3v) is 6.33. The van der Waals surface area contributed by atoms with E-state index in [9.17, 15) is 9.59 Å². The van der Waals surface area contributed by atoms with Crippen molar-refractivity contribution in [2.24, 2.45) is 5.92 Å². The van der Waals surface area contributed by atoms with Crippen LogP contribution in [0.3, 0.4) is 0 Å². The van der Waals surface area contributed by atoms with Crippen LogP contribution in [0.15, 0.2) is 24.3 Å². The Morgan fingerprint density at radius 3 is 2.66 bits per heavy atom. The molecule has 1 N–H and O–H groups in total. The number of hydrogen-bond donors (Lipinski definition) is 1. The van der Waals surface area contributed by atoms with E-state index in [0.29, 0.717) is 13.0 Å². The average molecular weight is 421 g/mol. The molecule has 2 heterocycles. The highest BCUT2D eigenvalue weighted by atomic mass is 35.5. The number of piperazine rings is 1. The van der Waals surface area contributed by atoms with Crippen molar-refractivity contribution in [3.05, 3.63) is 34.9 Å². The van der Waals surface area contributed by atoms with E-state index in [4.69, 9.17) is 11.6 Å². The number of nitrogens with zero attached hydrogens (tertiary/aromatic N) is 3. The summed E-state index contributed by atoms with van der Waals surface area (Å²) in [6, 6.07) is 8.04. The third-order valence-electron chi connectivity index (χ3n) is 6.09. The van der Waals surface area contributed by atoms with Crippen molar-refractivity contribution >= 4 is 23.4 Å². The highest BCUT2D eigenvalue weighted by Gasteiger charge is 2.31. The van der Waals surface area contributed by atoms with E-state index in [1.807, 2.05) is 36.2 Å². The van der Waals surface area contributed by atoms with Gasteiger partial charge in [0.05, 0.1) is 0 Å². The van der Waals surface area contributed by atoms with Gasteiger partial charge in [-0.25, -0.2) is 0 Å². The number of likely N-dealkylation sites (N-methyl/N-ethyl adjacent to an activating group) is 2. The molecule has 29 heavy (non-hydrogen) atoms.